The number of nitrogens with one attached hydrogen (secondary N) is 1. The summed E-state index contributed by atoms with van der Waals surface area (Å²) in [6.07, 6.45) is 2.04. The van der Waals surface area contributed by atoms with E-state index in [-0.39, 0.29) is 29.9 Å². The first kappa shape index (κ1) is 19.7. The number of carbonyl (C=O) groups is 2. The monoisotopic (exact) mass is 385 g/mol. The molecule has 0 radical (unpaired) electrons. The molecular formula is C21H23NO6. The molecule has 1 amide bonds. The summed E-state index contributed by atoms with van der Waals surface area (Å²) in [6, 6.07) is 11.8. The predicted molar refractivity (Wildman–Crippen MR) is 102 cm³/mol. The molecule has 148 valence electrons. The second-order valence-electron chi connectivity index (χ2n) is 6.46. The van der Waals surface area contributed by atoms with Crippen molar-refractivity contribution in [2.45, 2.75) is 25.5 Å². The summed E-state index contributed by atoms with van der Waals surface area (Å²) in [7, 11) is 1.41. The van der Waals surface area contributed by atoms with Gasteiger partial charge in [0.05, 0.1) is 18.8 Å². The van der Waals surface area contributed by atoms with Crippen molar-refractivity contribution in [3.05, 3.63) is 59.2 Å². The molecule has 1 saturated heterocycles. The molecule has 28 heavy (non-hydrogen) atoms. The summed E-state index contributed by atoms with van der Waals surface area (Å²) < 4.78 is 16.4. The van der Waals surface area contributed by atoms with Crippen LogP contribution in [0.15, 0.2) is 42.5 Å². The largest absolute Gasteiger partial charge is 0.496 e. The number of benzene rings is 2. The lowest BCUT2D eigenvalue weighted by atomic mass is 10.1. The zero-order valence-corrected chi connectivity index (χ0v) is 15.6. The molecule has 0 aliphatic carbocycles. The van der Waals surface area contributed by atoms with Crippen LogP contribution >= 0.6 is 0 Å². The van der Waals surface area contributed by atoms with Crippen LogP contribution in [0.2, 0.25) is 0 Å². The van der Waals surface area contributed by atoms with E-state index in [0.717, 1.165) is 19.4 Å². The fraction of sp³-hybridized carbons (Fsp3) is 0.333. The van der Waals surface area contributed by atoms with Gasteiger partial charge in [0, 0.05) is 13.2 Å². The van der Waals surface area contributed by atoms with Gasteiger partial charge in [0.25, 0.3) is 5.91 Å². The zero-order chi connectivity index (χ0) is 19.9. The van der Waals surface area contributed by atoms with Crippen molar-refractivity contribution in [3.8, 4) is 11.5 Å². The summed E-state index contributed by atoms with van der Waals surface area (Å²) in [6.45, 7) is 1.34. The first-order valence-corrected chi connectivity index (χ1v) is 9.10. The van der Waals surface area contributed by atoms with Gasteiger partial charge in [-0.25, -0.2) is 4.79 Å². The lowest BCUT2D eigenvalue weighted by Gasteiger charge is -2.15. The van der Waals surface area contributed by atoms with Crippen LogP contribution in [0.1, 0.15) is 39.1 Å². The summed E-state index contributed by atoms with van der Waals surface area (Å²) in [5.41, 5.74) is 1.13. The molecule has 7 nitrogen and oxygen atoms in total. The Morgan fingerprint density at radius 1 is 1.18 bits per heavy atom. The predicted octanol–water partition coefficient (Wildman–Crippen LogP) is 2.88. The molecule has 0 unspecified atom stereocenters. The molecule has 0 bridgehead atoms. The van der Waals surface area contributed by atoms with Crippen molar-refractivity contribution in [2.75, 3.05) is 20.3 Å². The van der Waals surface area contributed by atoms with Crippen LogP contribution in [0, 0.1) is 0 Å². The Morgan fingerprint density at radius 3 is 2.71 bits per heavy atom. The molecule has 2 aromatic carbocycles. The minimum absolute atomic E-state index is 0.0505. The average molecular weight is 385 g/mol. The number of carbonyl (C=O) groups excluding carboxylic acids is 1. The van der Waals surface area contributed by atoms with Crippen molar-refractivity contribution in [1.82, 2.24) is 5.32 Å². The van der Waals surface area contributed by atoms with E-state index in [1.807, 2.05) is 6.07 Å². The van der Waals surface area contributed by atoms with E-state index >= 15 is 0 Å². The van der Waals surface area contributed by atoms with Gasteiger partial charge in [-0.05, 0) is 42.7 Å². The Balaban J connectivity index is 1.65. The minimum atomic E-state index is -1.09. The molecule has 2 N–H and O–H groups in total. The Bertz CT molecular complexity index is 845. The molecule has 7 heteroatoms. The van der Waals surface area contributed by atoms with Crippen LogP contribution in [0.3, 0.4) is 0 Å². The number of hydrogen-bond donors (Lipinski definition) is 2. The third kappa shape index (κ3) is 4.80. The number of carboxylic acids is 1. The molecule has 0 saturated carbocycles. The topological polar surface area (TPSA) is 94.1 Å². The lowest BCUT2D eigenvalue weighted by molar-refractivity contribution is 0.0670. The molecule has 1 fully saturated rings. The van der Waals surface area contributed by atoms with Crippen molar-refractivity contribution < 1.29 is 28.9 Å². The van der Waals surface area contributed by atoms with Gasteiger partial charge in [-0.1, -0.05) is 18.2 Å². The van der Waals surface area contributed by atoms with Gasteiger partial charge in [0.2, 0.25) is 0 Å². The van der Waals surface area contributed by atoms with E-state index in [9.17, 15) is 14.7 Å². The quantitative estimate of drug-likeness (QED) is 0.726. The fourth-order valence-corrected chi connectivity index (χ4v) is 3.05. The summed E-state index contributed by atoms with van der Waals surface area (Å²) in [5, 5.41) is 12.1. The molecular weight excluding hydrogens is 362 g/mol. The van der Waals surface area contributed by atoms with Crippen LogP contribution in [-0.4, -0.2) is 43.4 Å². The van der Waals surface area contributed by atoms with Gasteiger partial charge in [0.1, 0.15) is 23.7 Å². The number of methoxy groups -OCH3 is 1. The van der Waals surface area contributed by atoms with E-state index < -0.39 is 5.97 Å². The highest BCUT2D eigenvalue weighted by Gasteiger charge is 2.18. The van der Waals surface area contributed by atoms with Crippen molar-refractivity contribution in [2.24, 2.45) is 0 Å². The van der Waals surface area contributed by atoms with E-state index in [0.29, 0.717) is 23.5 Å². The maximum atomic E-state index is 12.6. The standard InChI is InChI=1S/C21H23NO6/c1-26-18-9-8-14(11-17(18)21(24)25)12-22-20(23)16-6-2-3-7-19(16)28-13-15-5-4-10-27-15/h2-3,6-9,11,15H,4-5,10,12-13H2,1H3,(H,22,23)(H,24,25)/t15-/m0/s1. The first-order chi connectivity index (χ1) is 13.6. The molecule has 1 aliphatic rings. The molecule has 1 atom stereocenters. The Kier molecular flexibility index (Phi) is 6.49. The SMILES string of the molecule is COc1ccc(CNC(=O)c2ccccc2OC[C@@H]2CCCO2)cc1C(=O)O. The average Bonchev–Trinajstić information content (AvgIpc) is 3.24. The van der Waals surface area contributed by atoms with Gasteiger partial charge in [-0.2, -0.15) is 0 Å². The number of ether oxygens (including phenoxy) is 3. The van der Waals surface area contributed by atoms with Crippen molar-refractivity contribution in [3.63, 3.8) is 0 Å². The Hall–Kier alpha value is -3.06. The number of hydrogen-bond acceptors (Lipinski definition) is 5. The molecule has 1 aliphatic heterocycles. The van der Waals surface area contributed by atoms with Crippen molar-refractivity contribution >= 4 is 11.9 Å². The van der Waals surface area contributed by atoms with Crippen LogP contribution in [0.4, 0.5) is 0 Å². The zero-order valence-electron chi connectivity index (χ0n) is 15.6. The van der Waals surface area contributed by atoms with Crippen LogP contribution < -0.4 is 14.8 Å². The number of carboxylic acid groups (broad SMARTS) is 1. The lowest BCUT2D eigenvalue weighted by Crippen LogP contribution is -2.24. The number of para-hydroxylation sites is 1. The highest BCUT2D eigenvalue weighted by Crippen LogP contribution is 2.22. The molecule has 2 aromatic rings. The fourth-order valence-electron chi connectivity index (χ4n) is 3.05. The number of aromatic carboxylic acids is 1. The maximum absolute atomic E-state index is 12.6. The molecule has 0 aromatic heterocycles. The van der Waals surface area contributed by atoms with Crippen LogP contribution in [-0.2, 0) is 11.3 Å². The summed E-state index contributed by atoms with van der Waals surface area (Å²) in [5.74, 6) is -0.611. The van der Waals surface area contributed by atoms with Gasteiger partial charge in [-0.15, -0.1) is 0 Å². The van der Waals surface area contributed by atoms with Gasteiger partial charge < -0.3 is 24.6 Å². The highest BCUT2D eigenvalue weighted by atomic mass is 16.5. The van der Waals surface area contributed by atoms with E-state index in [1.54, 1.807) is 30.3 Å². The maximum Gasteiger partial charge on any atom is 0.339 e. The normalized spacial score (nSPS) is 15.8. The van der Waals surface area contributed by atoms with E-state index in [2.05, 4.69) is 5.32 Å². The molecule has 1 heterocycles. The van der Waals surface area contributed by atoms with Crippen LogP contribution in [0.25, 0.3) is 0 Å². The smallest absolute Gasteiger partial charge is 0.339 e. The second kappa shape index (κ2) is 9.23. The van der Waals surface area contributed by atoms with E-state index in [4.69, 9.17) is 14.2 Å². The van der Waals surface area contributed by atoms with Crippen LogP contribution in [0.5, 0.6) is 11.5 Å². The highest BCUT2D eigenvalue weighted by molar-refractivity contribution is 5.97. The first-order valence-electron chi connectivity index (χ1n) is 9.10. The van der Waals surface area contributed by atoms with Crippen molar-refractivity contribution in [1.29, 1.82) is 0 Å². The Morgan fingerprint density at radius 2 is 2.00 bits per heavy atom. The van der Waals surface area contributed by atoms with Gasteiger partial charge >= 0.3 is 5.97 Å². The Labute approximate surface area is 163 Å². The minimum Gasteiger partial charge on any atom is -0.496 e. The molecule has 3 rings (SSSR count). The van der Waals surface area contributed by atoms with Gasteiger partial charge in [0.15, 0.2) is 0 Å². The molecule has 0 spiro atoms. The number of amides is 1. The third-order valence-corrected chi connectivity index (χ3v) is 4.53. The summed E-state index contributed by atoms with van der Waals surface area (Å²) in [4.78, 5) is 23.9. The second-order valence-corrected chi connectivity index (χ2v) is 6.46. The van der Waals surface area contributed by atoms with Gasteiger partial charge in [-0.3, -0.25) is 4.79 Å². The van der Waals surface area contributed by atoms with E-state index in [1.165, 1.54) is 13.2 Å². The summed E-state index contributed by atoms with van der Waals surface area (Å²) >= 11 is 0. The number of rotatable bonds is 8. The third-order valence-electron chi connectivity index (χ3n) is 4.53.